The van der Waals surface area contributed by atoms with Gasteiger partial charge < -0.3 is 15.4 Å². The number of hydrogen-bond donors (Lipinski definition) is 2. The first-order valence-electron chi connectivity index (χ1n) is 7.83. The van der Waals surface area contributed by atoms with Crippen molar-refractivity contribution in [1.29, 1.82) is 0 Å². The maximum Gasteiger partial charge on any atom is 0.253 e. The van der Waals surface area contributed by atoms with Gasteiger partial charge in [0.1, 0.15) is 0 Å². The Morgan fingerprint density at radius 2 is 2.09 bits per heavy atom. The van der Waals surface area contributed by atoms with Gasteiger partial charge in [0, 0.05) is 31.9 Å². The number of nitrogens with one attached hydrogen (secondary N) is 2. The first-order valence-corrected chi connectivity index (χ1v) is 7.83. The number of nitrogens with zero attached hydrogens (tertiary/aromatic N) is 1. The van der Waals surface area contributed by atoms with Crippen molar-refractivity contribution in [3.8, 4) is 0 Å². The fourth-order valence-electron chi connectivity index (χ4n) is 2.44. The van der Waals surface area contributed by atoms with E-state index in [2.05, 4.69) is 22.1 Å². The number of carbonyl (C=O) groups excluding carboxylic acids is 1. The average Bonchev–Trinajstić information content (AvgIpc) is 2.58. The van der Waals surface area contributed by atoms with Crippen LogP contribution in [0.2, 0.25) is 0 Å². The molecule has 5 nitrogen and oxygen atoms in total. The third kappa shape index (κ3) is 5.16. The summed E-state index contributed by atoms with van der Waals surface area (Å²) in [6.07, 6.45) is 2.73. The molecule has 0 radical (unpaired) electrons. The van der Waals surface area contributed by atoms with Crippen LogP contribution in [0.4, 0.5) is 5.69 Å². The van der Waals surface area contributed by atoms with Crippen molar-refractivity contribution in [3.05, 3.63) is 42.5 Å². The van der Waals surface area contributed by atoms with Gasteiger partial charge in [0.2, 0.25) is 0 Å². The number of morpholine rings is 1. The van der Waals surface area contributed by atoms with E-state index in [1.165, 1.54) is 0 Å². The molecule has 1 fully saturated rings. The van der Waals surface area contributed by atoms with Crippen molar-refractivity contribution < 1.29 is 9.53 Å². The molecule has 1 amide bonds. The number of carbonyl (C=O) groups is 1. The van der Waals surface area contributed by atoms with Gasteiger partial charge in [-0.1, -0.05) is 18.2 Å². The van der Waals surface area contributed by atoms with Gasteiger partial charge in [0.05, 0.1) is 18.8 Å². The molecular formula is C17H25N3O2. The Balaban J connectivity index is 1.75. The second kappa shape index (κ2) is 9.23. The second-order valence-corrected chi connectivity index (χ2v) is 5.28. The predicted molar refractivity (Wildman–Crippen MR) is 89.3 cm³/mol. The van der Waals surface area contributed by atoms with Crippen molar-refractivity contribution in [2.24, 2.45) is 0 Å². The Labute approximate surface area is 132 Å². The zero-order valence-corrected chi connectivity index (χ0v) is 13.0. The molecule has 1 heterocycles. The number of amides is 1. The molecule has 1 aliphatic rings. The molecule has 1 aromatic carbocycles. The molecule has 2 N–H and O–H groups in total. The van der Waals surface area contributed by atoms with E-state index in [9.17, 15) is 4.79 Å². The van der Waals surface area contributed by atoms with Crippen LogP contribution < -0.4 is 10.6 Å². The van der Waals surface area contributed by atoms with Gasteiger partial charge in [-0.15, -0.1) is 6.58 Å². The maximum absolute atomic E-state index is 12.3. The highest BCUT2D eigenvalue weighted by molar-refractivity contribution is 5.99. The van der Waals surface area contributed by atoms with Crippen LogP contribution in [-0.2, 0) is 4.74 Å². The van der Waals surface area contributed by atoms with E-state index in [1.807, 2.05) is 24.3 Å². The van der Waals surface area contributed by atoms with Crippen molar-refractivity contribution in [2.75, 3.05) is 51.3 Å². The standard InChI is InChI=1S/C17H25N3O2/c1-2-8-18-16-7-4-3-6-15(16)17(21)19-9-5-10-20-11-13-22-14-12-20/h2-4,6-7,18H,1,5,8-14H2,(H,19,21). The summed E-state index contributed by atoms with van der Waals surface area (Å²) in [5.74, 6) is -0.0332. The lowest BCUT2D eigenvalue weighted by Crippen LogP contribution is -2.38. The summed E-state index contributed by atoms with van der Waals surface area (Å²) in [6, 6.07) is 7.54. The minimum absolute atomic E-state index is 0.0332. The summed E-state index contributed by atoms with van der Waals surface area (Å²) in [5, 5.41) is 6.18. The molecule has 5 heteroatoms. The Bertz CT molecular complexity index is 485. The summed E-state index contributed by atoms with van der Waals surface area (Å²) in [7, 11) is 0. The van der Waals surface area contributed by atoms with Crippen LogP contribution in [0.15, 0.2) is 36.9 Å². The van der Waals surface area contributed by atoms with Crippen LogP contribution in [0.25, 0.3) is 0 Å². The molecule has 2 rings (SSSR count). The largest absolute Gasteiger partial charge is 0.381 e. The van der Waals surface area contributed by atoms with Gasteiger partial charge in [-0.05, 0) is 25.1 Å². The van der Waals surface area contributed by atoms with Crippen LogP contribution in [0.5, 0.6) is 0 Å². The normalized spacial score (nSPS) is 15.3. The Hall–Kier alpha value is -1.85. The number of anilines is 1. The van der Waals surface area contributed by atoms with E-state index < -0.39 is 0 Å². The third-order valence-corrected chi connectivity index (χ3v) is 3.65. The Morgan fingerprint density at radius 3 is 2.86 bits per heavy atom. The Kier molecular flexibility index (Phi) is 6.93. The summed E-state index contributed by atoms with van der Waals surface area (Å²) in [6.45, 7) is 9.61. The molecule has 22 heavy (non-hydrogen) atoms. The summed E-state index contributed by atoms with van der Waals surface area (Å²) < 4.78 is 5.32. The number of para-hydroxylation sites is 1. The van der Waals surface area contributed by atoms with Crippen LogP contribution in [-0.4, -0.2) is 56.7 Å². The zero-order valence-electron chi connectivity index (χ0n) is 13.0. The number of rotatable bonds is 8. The zero-order chi connectivity index (χ0) is 15.6. The summed E-state index contributed by atoms with van der Waals surface area (Å²) >= 11 is 0. The molecule has 1 saturated heterocycles. The lowest BCUT2D eigenvalue weighted by molar-refractivity contribution is 0.0374. The van der Waals surface area contributed by atoms with Gasteiger partial charge in [-0.2, -0.15) is 0 Å². The van der Waals surface area contributed by atoms with E-state index in [0.29, 0.717) is 18.7 Å². The van der Waals surface area contributed by atoms with E-state index in [0.717, 1.165) is 45.0 Å². The van der Waals surface area contributed by atoms with Gasteiger partial charge in [0.15, 0.2) is 0 Å². The predicted octanol–water partition coefficient (Wildman–Crippen LogP) is 1.74. The SMILES string of the molecule is C=CCNc1ccccc1C(=O)NCCCN1CCOCC1. The van der Waals surface area contributed by atoms with E-state index in [4.69, 9.17) is 4.74 Å². The fraction of sp³-hybridized carbons (Fsp3) is 0.471. The van der Waals surface area contributed by atoms with Gasteiger partial charge in [-0.3, -0.25) is 9.69 Å². The minimum Gasteiger partial charge on any atom is -0.381 e. The monoisotopic (exact) mass is 303 g/mol. The Morgan fingerprint density at radius 1 is 1.32 bits per heavy atom. The molecule has 0 bridgehead atoms. The number of hydrogen-bond acceptors (Lipinski definition) is 4. The summed E-state index contributed by atoms with van der Waals surface area (Å²) in [5.41, 5.74) is 1.52. The molecule has 1 aliphatic heterocycles. The van der Waals surface area contributed by atoms with E-state index in [1.54, 1.807) is 6.08 Å². The molecule has 0 unspecified atom stereocenters. The first-order chi connectivity index (χ1) is 10.8. The summed E-state index contributed by atoms with van der Waals surface area (Å²) in [4.78, 5) is 14.6. The smallest absolute Gasteiger partial charge is 0.253 e. The average molecular weight is 303 g/mol. The molecule has 0 spiro atoms. The van der Waals surface area contributed by atoms with Crippen molar-refractivity contribution in [2.45, 2.75) is 6.42 Å². The van der Waals surface area contributed by atoms with E-state index >= 15 is 0 Å². The second-order valence-electron chi connectivity index (χ2n) is 5.28. The highest BCUT2D eigenvalue weighted by Gasteiger charge is 2.11. The van der Waals surface area contributed by atoms with Crippen molar-refractivity contribution in [1.82, 2.24) is 10.2 Å². The van der Waals surface area contributed by atoms with E-state index in [-0.39, 0.29) is 5.91 Å². The molecule has 0 aliphatic carbocycles. The van der Waals surface area contributed by atoms with Crippen LogP contribution in [0.3, 0.4) is 0 Å². The fourth-order valence-corrected chi connectivity index (χ4v) is 2.44. The van der Waals surface area contributed by atoms with Crippen LogP contribution in [0.1, 0.15) is 16.8 Å². The van der Waals surface area contributed by atoms with Crippen LogP contribution >= 0.6 is 0 Å². The first kappa shape index (κ1) is 16.5. The van der Waals surface area contributed by atoms with Crippen molar-refractivity contribution in [3.63, 3.8) is 0 Å². The van der Waals surface area contributed by atoms with Gasteiger partial charge in [-0.25, -0.2) is 0 Å². The molecular weight excluding hydrogens is 278 g/mol. The van der Waals surface area contributed by atoms with Crippen LogP contribution in [0, 0.1) is 0 Å². The number of ether oxygens (including phenoxy) is 1. The quantitative estimate of drug-likeness (QED) is 0.567. The molecule has 120 valence electrons. The lowest BCUT2D eigenvalue weighted by atomic mass is 10.1. The molecule has 0 atom stereocenters. The topological polar surface area (TPSA) is 53.6 Å². The van der Waals surface area contributed by atoms with Gasteiger partial charge >= 0.3 is 0 Å². The molecule has 0 saturated carbocycles. The van der Waals surface area contributed by atoms with Crippen molar-refractivity contribution >= 4 is 11.6 Å². The lowest BCUT2D eigenvalue weighted by Gasteiger charge is -2.26. The minimum atomic E-state index is -0.0332. The number of benzene rings is 1. The van der Waals surface area contributed by atoms with Gasteiger partial charge in [0.25, 0.3) is 5.91 Å². The molecule has 1 aromatic rings. The maximum atomic E-state index is 12.3. The molecule has 0 aromatic heterocycles. The highest BCUT2D eigenvalue weighted by Crippen LogP contribution is 2.14. The highest BCUT2D eigenvalue weighted by atomic mass is 16.5. The third-order valence-electron chi connectivity index (χ3n) is 3.65.